The molecule has 274 valence electrons. The van der Waals surface area contributed by atoms with Gasteiger partial charge in [0.1, 0.15) is 0 Å². The summed E-state index contributed by atoms with van der Waals surface area (Å²) in [7, 11) is 0. The number of pyridine rings is 1. The Bertz CT molecular complexity index is 3500. The van der Waals surface area contributed by atoms with Gasteiger partial charge in [-0.1, -0.05) is 170 Å². The highest BCUT2D eigenvalue weighted by Crippen LogP contribution is 2.43. The molecule has 3 aromatic heterocycles. The van der Waals surface area contributed by atoms with Gasteiger partial charge in [0.15, 0.2) is 5.82 Å². The highest BCUT2D eigenvalue weighted by atomic mass is 15.0. The van der Waals surface area contributed by atoms with Crippen molar-refractivity contribution >= 4 is 65.0 Å². The maximum atomic E-state index is 5.36. The molecule has 9 aromatic carbocycles. The molecule has 0 aliphatic carbocycles. The van der Waals surface area contributed by atoms with Crippen LogP contribution in [0.1, 0.15) is 0 Å². The van der Waals surface area contributed by atoms with Gasteiger partial charge < -0.3 is 4.57 Å². The van der Waals surface area contributed by atoms with E-state index in [0.717, 1.165) is 77.5 Å². The molecule has 0 bridgehead atoms. The van der Waals surface area contributed by atoms with Crippen molar-refractivity contribution in [3.8, 4) is 50.8 Å². The Morgan fingerprint density at radius 3 is 1.71 bits per heavy atom. The van der Waals surface area contributed by atoms with Crippen molar-refractivity contribution in [3.05, 3.63) is 206 Å². The van der Waals surface area contributed by atoms with E-state index in [4.69, 9.17) is 15.0 Å². The molecule has 3 heterocycles. The minimum absolute atomic E-state index is 0.701. The molecular weight excluding hydrogens is 717 g/mol. The van der Waals surface area contributed by atoms with E-state index in [1.807, 2.05) is 0 Å². The van der Waals surface area contributed by atoms with Crippen LogP contribution in [0.5, 0.6) is 0 Å². The number of fused-ring (bicyclic) bond motifs is 9. The zero-order valence-corrected chi connectivity index (χ0v) is 31.9. The first-order valence-corrected chi connectivity index (χ1v) is 20.0. The molecule has 0 atom stereocenters. The first kappa shape index (κ1) is 33.2. The third-order valence-electron chi connectivity index (χ3n) is 11.8. The first-order chi connectivity index (χ1) is 29.3. The molecule has 12 aromatic rings. The van der Waals surface area contributed by atoms with Gasteiger partial charge in [-0.05, 0) is 57.9 Å². The fourth-order valence-corrected chi connectivity index (χ4v) is 9.10. The van der Waals surface area contributed by atoms with E-state index in [1.54, 1.807) is 0 Å². The molecule has 12 rings (SSSR count). The van der Waals surface area contributed by atoms with Gasteiger partial charge in [-0.3, -0.25) is 0 Å². The summed E-state index contributed by atoms with van der Waals surface area (Å²) < 4.78 is 2.38. The summed E-state index contributed by atoms with van der Waals surface area (Å²) in [4.78, 5) is 15.9. The molecule has 0 aliphatic rings. The fourth-order valence-electron chi connectivity index (χ4n) is 9.10. The lowest BCUT2D eigenvalue weighted by molar-refractivity contribution is 1.18. The number of nitrogens with zero attached hydrogens (tertiary/aromatic N) is 4. The molecule has 4 nitrogen and oxygen atoms in total. The van der Waals surface area contributed by atoms with Gasteiger partial charge >= 0.3 is 0 Å². The van der Waals surface area contributed by atoms with Crippen LogP contribution in [0.15, 0.2) is 206 Å². The van der Waals surface area contributed by atoms with Crippen LogP contribution in [0, 0.1) is 0 Å². The molecule has 0 radical (unpaired) electrons. The Labute approximate surface area is 340 Å². The molecule has 0 saturated heterocycles. The van der Waals surface area contributed by atoms with Gasteiger partial charge in [-0.2, -0.15) is 0 Å². The highest BCUT2D eigenvalue weighted by Gasteiger charge is 2.20. The van der Waals surface area contributed by atoms with Crippen molar-refractivity contribution < 1.29 is 0 Å². The van der Waals surface area contributed by atoms with E-state index in [2.05, 4.69) is 211 Å². The van der Waals surface area contributed by atoms with Crippen LogP contribution in [0.25, 0.3) is 116 Å². The number of hydrogen-bond acceptors (Lipinski definition) is 3. The Kier molecular flexibility index (Phi) is 7.50. The summed E-state index contributed by atoms with van der Waals surface area (Å²) in [6.07, 6.45) is 0. The van der Waals surface area contributed by atoms with E-state index in [0.29, 0.717) is 5.82 Å². The van der Waals surface area contributed by atoms with Crippen LogP contribution in [-0.2, 0) is 0 Å². The Morgan fingerprint density at radius 2 is 0.932 bits per heavy atom. The lowest BCUT2D eigenvalue weighted by Gasteiger charge is -2.14. The van der Waals surface area contributed by atoms with E-state index in [9.17, 15) is 0 Å². The fraction of sp³-hybridized carbons (Fsp3) is 0. The lowest BCUT2D eigenvalue weighted by atomic mass is 9.95. The van der Waals surface area contributed by atoms with Gasteiger partial charge in [0.2, 0.25) is 0 Å². The van der Waals surface area contributed by atoms with Gasteiger partial charge in [0, 0.05) is 54.9 Å². The molecule has 0 aliphatic heterocycles. The van der Waals surface area contributed by atoms with Gasteiger partial charge in [-0.15, -0.1) is 0 Å². The predicted octanol–water partition coefficient (Wildman–Crippen LogP) is 14.2. The van der Waals surface area contributed by atoms with E-state index < -0.39 is 0 Å². The maximum absolute atomic E-state index is 5.36. The molecule has 0 fully saturated rings. The molecule has 0 unspecified atom stereocenters. The quantitative estimate of drug-likeness (QED) is 0.165. The average molecular weight is 751 g/mol. The monoisotopic (exact) mass is 750 g/mol. The normalized spacial score (nSPS) is 11.7. The van der Waals surface area contributed by atoms with Crippen LogP contribution < -0.4 is 0 Å². The van der Waals surface area contributed by atoms with Crippen molar-refractivity contribution in [2.24, 2.45) is 0 Å². The number of para-hydroxylation sites is 3. The molecule has 4 heteroatoms. The summed E-state index contributed by atoms with van der Waals surface area (Å²) in [6.45, 7) is 0. The van der Waals surface area contributed by atoms with Crippen LogP contribution >= 0.6 is 0 Å². The molecule has 59 heavy (non-hydrogen) atoms. The number of hydrogen-bond donors (Lipinski definition) is 0. The van der Waals surface area contributed by atoms with Crippen LogP contribution in [0.2, 0.25) is 0 Å². The van der Waals surface area contributed by atoms with E-state index in [-0.39, 0.29) is 0 Å². The second-order valence-corrected chi connectivity index (χ2v) is 15.1. The summed E-state index contributed by atoms with van der Waals surface area (Å²) >= 11 is 0. The predicted molar refractivity (Wildman–Crippen MR) is 246 cm³/mol. The Morgan fingerprint density at radius 1 is 0.339 bits per heavy atom. The standard InChI is InChI=1S/C55H34N4/c1-2-18-39(19-3-1)59-50-27-11-9-23-45(50)53-51(59)33-32-46-52(53)44-22-8-10-26-47(44)56-54(46)38-30-28-37(29-31-38)48-34-49(42-24-12-16-35-14-4-6-20-40(35)42)58-55(57-48)43-25-13-17-36-15-5-7-21-41(36)43/h1-34H. The van der Waals surface area contributed by atoms with E-state index in [1.165, 1.54) is 32.6 Å². The molecule has 0 spiro atoms. The first-order valence-electron chi connectivity index (χ1n) is 20.0. The van der Waals surface area contributed by atoms with Crippen LogP contribution in [0.3, 0.4) is 0 Å². The maximum Gasteiger partial charge on any atom is 0.161 e. The summed E-state index contributed by atoms with van der Waals surface area (Å²) in [5.41, 5.74) is 11.3. The Hall–Kier alpha value is -7.95. The van der Waals surface area contributed by atoms with Gasteiger partial charge in [0.05, 0.1) is 33.6 Å². The molecule has 0 saturated carbocycles. The second kappa shape index (κ2) is 13.3. The van der Waals surface area contributed by atoms with Crippen molar-refractivity contribution in [3.63, 3.8) is 0 Å². The molecule has 0 amide bonds. The molecule has 0 N–H and O–H groups in total. The van der Waals surface area contributed by atoms with Crippen molar-refractivity contribution in [1.29, 1.82) is 0 Å². The second-order valence-electron chi connectivity index (χ2n) is 15.1. The topological polar surface area (TPSA) is 43.6 Å². The van der Waals surface area contributed by atoms with Crippen molar-refractivity contribution in [2.45, 2.75) is 0 Å². The van der Waals surface area contributed by atoms with Gasteiger partial charge in [-0.25, -0.2) is 15.0 Å². The minimum Gasteiger partial charge on any atom is -0.309 e. The number of aromatic nitrogens is 4. The Balaban J connectivity index is 1.06. The zero-order valence-electron chi connectivity index (χ0n) is 31.9. The summed E-state index contributed by atoms with van der Waals surface area (Å²) in [5, 5.41) is 10.6. The van der Waals surface area contributed by atoms with Crippen molar-refractivity contribution in [2.75, 3.05) is 0 Å². The number of benzene rings is 9. The average Bonchev–Trinajstić information content (AvgIpc) is 3.65. The largest absolute Gasteiger partial charge is 0.309 e. The molecular formula is C55H34N4. The van der Waals surface area contributed by atoms with Crippen LogP contribution in [-0.4, -0.2) is 19.5 Å². The number of rotatable bonds is 5. The summed E-state index contributed by atoms with van der Waals surface area (Å²) in [6, 6.07) is 73.1. The van der Waals surface area contributed by atoms with E-state index >= 15 is 0 Å². The SMILES string of the molecule is c1ccc(-n2c3ccccc3c3c4c(ccc32)c(-c2ccc(-c3cc(-c5cccc6ccccc56)nc(-c5cccc6ccccc56)n3)cc2)nc2ccccc24)cc1. The third-order valence-corrected chi connectivity index (χ3v) is 11.8. The van der Waals surface area contributed by atoms with Crippen LogP contribution in [0.4, 0.5) is 0 Å². The highest BCUT2D eigenvalue weighted by molar-refractivity contribution is 6.29. The summed E-state index contributed by atoms with van der Waals surface area (Å²) in [5.74, 6) is 0.701. The zero-order chi connectivity index (χ0) is 38.9. The lowest BCUT2D eigenvalue weighted by Crippen LogP contribution is -1.97. The van der Waals surface area contributed by atoms with Crippen molar-refractivity contribution in [1.82, 2.24) is 19.5 Å². The van der Waals surface area contributed by atoms with Gasteiger partial charge in [0.25, 0.3) is 0 Å². The smallest absolute Gasteiger partial charge is 0.161 e. The minimum atomic E-state index is 0.701. The third kappa shape index (κ3) is 5.34.